The van der Waals surface area contributed by atoms with E-state index in [1.807, 2.05) is 50.2 Å². The molecule has 1 aliphatic rings. The molecule has 0 atom stereocenters. The molecule has 2 aromatic rings. The lowest BCUT2D eigenvalue weighted by molar-refractivity contribution is 0.577. The van der Waals surface area contributed by atoms with Crippen LogP contribution in [0.4, 0.5) is 11.4 Å². The van der Waals surface area contributed by atoms with Crippen LogP contribution in [0.25, 0.3) is 0 Å². The van der Waals surface area contributed by atoms with Crippen LogP contribution in [0.5, 0.6) is 0 Å². The molecule has 2 aromatic carbocycles. The number of nitrogens with one attached hydrogen (secondary N) is 1. The summed E-state index contributed by atoms with van der Waals surface area (Å²) in [6, 6.07) is 13.3. The van der Waals surface area contributed by atoms with E-state index in [1.165, 1.54) is 5.56 Å². The van der Waals surface area contributed by atoms with E-state index >= 15 is 0 Å². The summed E-state index contributed by atoms with van der Waals surface area (Å²) >= 11 is 0. The molecule has 0 saturated heterocycles. The lowest BCUT2D eigenvalue weighted by Gasteiger charge is -2.27. The van der Waals surface area contributed by atoms with E-state index in [2.05, 4.69) is 12.2 Å². The number of hydrogen-bond donors (Lipinski definition) is 1. The van der Waals surface area contributed by atoms with Crippen molar-refractivity contribution in [1.82, 2.24) is 0 Å². The number of fused-ring (bicyclic) bond motifs is 1. The third-order valence-electron chi connectivity index (χ3n) is 4.77. The highest BCUT2D eigenvalue weighted by Crippen LogP contribution is 2.29. The number of nitrogens with zero attached hydrogens (tertiary/aromatic N) is 1. The minimum absolute atomic E-state index is 0.231. The molecule has 26 heavy (non-hydrogen) atoms. The molecule has 1 N–H and O–H groups in total. The zero-order valence-electron chi connectivity index (χ0n) is 15.8. The van der Waals surface area contributed by atoms with E-state index in [-0.39, 0.29) is 5.92 Å². The number of rotatable bonds is 6. The maximum absolute atomic E-state index is 13.4. The van der Waals surface area contributed by atoms with E-state index in [0.717, 1.165) is 42.7 Å². The van der Waals surface area contributed by atoms with Crippen molar-refractivity contribution in [1.29, 1.82) is 0 Å². The number of aryl methyl sites for hydroxylation is 2. The molecule has 1 aliphatic heterocycles. The molecule has 3 rings (SSSR count). The molecule has 0 unspecified atom stereocenters. The Morgan fingerprint density at radius 2 is 1.85 bits per heavy atom. The summed E-state index contributed by atoms with van der Waals surface area (Å²) in [5.41, 5.74) is 4.07. The topological polar surface area (TPSA) is 49.4 Å². The first kappa shape index (κ1) is 18.8. The van der Waals surface area contributed by atoms with Crippen molar-refractivity contribution in [2.45, 2.75) is 44.9 Å². The van der Waals surface area contributed by atoms with Crippen LogP contribution in [0.3, 0.4) is 0 Å². The van der Waals surface area contributed by atoms with Gasteiger partial charge < -0.3 is 5.32 Å². The fraction of sp³-hybridized carbons (Fsp3) is 0.429. The molecule has 4 nitrogen and oxygen atoms in total. The van der Waals surface area contributed by atoms with Gasteiger partial charge in [-0.3, -0.25) is 4.31 Å². The minimum atomic E-state index is -3.60. The fourth-order valence-corrected chi connectivity index (χ4v) is 4.99. The molecule has 0 saturated carbocycles. The van der Waals surface area contributed by atoms with Crippen molar-refractivity contribution in [2.75, 3.05) is 22.7 Å². The monoisotopic (exact) mass is 372 g/mol. The predicted molar refractivity (Wildman–Crippen MR) is 108 cm³/mol. The van der Waals surface area contributed by atoms with Gasteiger partial charge in [0.15, 0.2) is 0 Å². The van der Waals surface area contributed by atoms with Gasteiger partial charge >= 0.3 is 0 Å². The molecule has 0 fully saturated rings. The summed E-state index contributed by atoms with van der Waals surface area (Å²) in [6.07, 6.45) is 2.89. The second kappa shape index (κ2) is 7.70. The van der Waals surface area contributed by atoms with Gasteiger partial charge in [0.1, 0.15) is 0 Å². The van der Waals surface area contributed by atoms with Crippen LogP contribution < -0.4 is 9.62 Å². The molecule has 0 aliphatic carbocycles. The van der Waals surface area contributed by atoms with Crippen LogP contribution in [-0.2, 0) is 22.9 Å². The third-order valence-corrected chi connectivity index (χ3v) is 6.56. The Morgan fingerprint density at radius 3 is 2.50 bits per heavy atom. The molecule has 0 amide bonds. The largest absolute Gasteiger partial charge is 0.385 e. The Hall–Kier alpha value is -2.01. The Bertz CT molecular complexity index is 858. The van der Waals surface area contributed by atoms with Gasteiger partial charge in [-0.25, -0.2) is 8.42 Å². The number of anilines is 2. The van der Waals surface area contributed by atoms with Crippen LogP contribution in [0.15, 0.2) is 47.4 Å². The Labute approximate surface area is 157 Å². The van der Waals surface area contributed by atoms with E-state index < -0.39 is 10.0 Å². The van der Waals surface area contributed by atoms with Crippen molar-refractivity contribution in [3.8, 4) is 0 Å². The number of hydrogen-bond acceptors (Lipinski definition) is 3. The van der Waals surface area contributed by atoms with Crippen LogP contribution in [0, 0.1) is 5.92 Å². The highest BCUT2D eigenvalue weighted by molar-refractivity contribution is 7.92. The van der Waals surface area contributed by atoms with Gasteiger partial charge in [-0.2, -0.15) is 0 Å². The van der Waals surface area contributed by atoms with Crippen molar-refractivity contribution in [2.24, 2.45) is 5.92 Å². The fourth-order valence-electron chi connectivity index (χ4n) is 3.31. The van der Waals surface area contributed by atoms with Gasteiger partial charge in [-0.05, 0) is 66.6 Å². The van der Waals surface area contributed by atoms with Crippen molar-refractivity contribution >= 4 is 21.4 Å². The van der Waals surface area contributed by atoms with Crippen LogP contribution in [0.1, 0.15) is 38.3 Å². The van der Waals surface area contributed by atoms with Gasteiger partial charge in [-0.15, -0.1) is 0 Å². The Balaban J connectivity index is 2.01. The van der Waals surface area contributed by atoms with Gasteiger partial charge in [0.05, 0.1) is 10.6 Å². The SMILES string of the molecule is CCc1ccc(N(CC(C)C)S(=O)(=O)c2ccc3c(c2)CCCN3)cc1. The normalized spacial score (nSPS) is 14.0. The zero-order chi connectivity index (χ0) is 18.7. The summed E-state index contributed by atoms with van der Waals surface area (Å²) in [5.74, 6) is 0.231. The minimum Gasteiger partial charge on any atom is -0.385 e. The molecular weight excluding hydrogens is 344 g/mol. The van der Waals surface area contributed by atoms with E-state index in [1.54, 1.807) is 10.4 Å². The molecule has 140 valence electrons. The molecule has 0 aromatic heterocycles. The summed E-state index contributed by atoms with van der Waals surface area (Å²) in [5, 5.41) is 3.34. The van der Waals surface area contributed by atoms with Crippen molar-refractivity contribution < 1.29 is 8.42 Å². The van der Waals surface area contributed by atoms with Gasteiger partial charge in [0.2, 0.25) is 0 Å². The first-order chi connectivity index (χ1) is 12.4. The van der Waals surface area contributed by atoms with Gasteiger partial charge in [0.25, 0.3) is 10.0 Å². The third kappa shape index (κ3) is 3.88. The van der Waals surface area contributed by atoms with Crippen molar-refractivity contribution in [3.05, 3.63) is 53.6 Å². The maximum atomic E-state index is 13.4. The molecule has 0 radical (unpaired) electrons. The molecule has 0 spiro atoms. The highest BCUT2D eigenvalue weighted by atomic mass is 32.2. The Kier molecular flexibility index (Phi) is 5.56. The summed E-state index contributed by atoms with van der Waals surface area (Å²) in [4.78, 5) is 0.375. The molecule has 1 heterocycles. The summed E-state index contributed by atoms with van der Waals surface area (Å²) in [6.45, 7) is 7.59. The van der Waals surface area contributed by atoms with Crippen LogP contribution in [-0.4, -0.2) is 21.5 Å². The molecule has 0 bridgehead atoms. The number of sulfonamides is 1. The van der Waals surface area contributed by atoms with Crippen LogP contribution in [0.2, 0.25) is 0 Å². The van der Waals surface area contributed by atoms with E-state index in [9.17, 15) is 8.42 Å². The maximum Gasteiger partial charge on any atom is 0.264 e. The second-order valence-corrected chi connectivity index (χ2v) is 9.16. The van der Waals surface area contributed by atoms with E-state index in [0.29, 0.717) is 11.4 Å². The Morgan fingerprint density at radius 1 is 1.12 bits per heavy atom. The number of benzene rings is 2. The molecular formula is C21H28N2O2S. The predicted octanol–water partition coefficient (Wildman–Crippen LogP) is 4.46. The van der Waals surface area contributed by atoms with Gasteiger partial charge in [0, 0.05) is 18.8 Å². The average Bonchev–Trinajstić information content (AvgIpc) is 2.65. The van der Waals surface area contributed by atoms with Crippen LogP contribution >= 0.6 is 0 Å². The lowest BCUT2D eigenvalue weighted by atomic mass is 10.0. The van der Waals surface area contributed by atoms with Crippen molar-refractivity contribution in [3.63, 3.8) is 0 Å². The first-order valence-electron chi connectivity index (χ1n) is 9.40. The average molecular weight is 373 g/mol. The quantitative estimate of drug-likeness (QED) is 0.814. The van der Waals surface area contributed by atoms with E-state index in [4.69, 9.17) is 0 Å². The second-order valence-electron chi connectivity index (χ2n) is 7.30. The first-order valence-corrected chi connectivity index (χ1v) is 10.8. The molecule has 5 heteroatoms. The zero-order valence-corrected chi connectivity index (χ0v) is 16.6. The standard InChI is InChI=1S/C21H28N2O2S/c1-4-17-7-9-19(10-8-17)23(15-16(2)3)26(24,25)20-11-12-21-18(14-20)6-5-13-22-21/h7-12,14,16,22H,4-6,13,15H2,1-3H3. The highest BCUT2D eigenvalue weighted by Gasteiger charge is 2.26. The van der Waals surface area contributed by atoms with Gasteiger partial charge in [-0.1, -0.05) is 32.9 Å². The summed E-state index contributed by atoms with van der Waals surface area (Å²) < 4.78 is 28.4. The summed E-state index contributed by atoms with van der Waals surface area (Å²) in [7, 11) is -3.60. The lowest BCUT2D eigenvalue weighted by Crippen LogP contribution is -2.34. The smallest absolute Gasteiger partial charge is 0.264 e.